The average Bonchev–Trinajstić information content (AvgIpc) is 2.29. The van der Waals surface area contributed by atoms with Crippen LogP contribution in [0.15, 0.2) is 29.2 Å². The van der Waals surface area contributed by atoms with E-state index in [0.29, 0.717) is 12.1 Å². The Morgan fingerprint density at radius 1 is 1.38 bits per heavy atom. The van der Waals surface area contributed by atoms with Gasteiger partial charge >= 0.3 is 0 Å². The third-order valence-corrected chi connectivity index (χ3v) is 4.10. The lowest BCUT2D eigenvalue weighted by Gasteiger charge is -2.39. The van der Waals surface area contributed by atoms with E-state index in [2.05, 4.69) is 42.3 Å². The molecule has 0 radical (unpaired) electrons. The van der Waals surface area contributed by atoms with Gasteiger partial charge in [0.15, 0.2) is 0 Å². The van der Waals surface area contributed by atoms with Gasteiger partial charge in [0.2, 0.25) is 0 Å². The first kappa shape index (κ1) is 11.8. The minimum Gasteiger partial charge on any atom is -0.368 e. The second-order valence-corrected chi connectivity index (χ2v) is 5.35. The Morgan fingerprint density at radius 2 is 2.12 bits per heavy atom. The van der Waals surface area contributed by atoms with Gasteiger partial charge in [-0.25, -0.2) is 0 Å². The van der Waals surface area contributed by atoms with Gasteiger partial charge in [-0.15, -0.1) is 11.8 Å². The fraction of sp³-hybridized carbons (Fsp3) is 0.538. The number of rotatable bonds is 2. The van der Waals surface area contributed by atoms with E-state index in [9.17, 15) is 0 Å². The molecule has 0 spiro atoms. The fourth-order valence-corrected chi connectivity index (χ4v) is 3.04. The maximum absolute atomic E-state index is 6.00. The largest absolute Gasteiger partial charge is 0.368 e. The van der Waals surface area contributed by atoms with Crippen LogP contribution in [0.4, 0.5) is 5.69 Å². The number of nitrogens with zero attached hydrogens (tertiary/aromatic N) is 1. The van der Waals surface area contributed by atoms with Crippen LogP contribution in [0.2, 0.25) is 0 Å². The molecule has 0 bridgehead atoms. The molecule has 2 rings (SSSR count). The van der Waals surface area contributed by atoms with Crippen molar-refractivity contribution < 1.29 is 0 Å². The number of nitrogens with two attached hydrogens (primary N) is 1. The number of hydrogen-bond acceptors (Lipinski definition) is 3. The second-order valence-electron chi connectivity index (χ2n) is 4.50. The van der Waals surface area contributed by atoms with Crippen LogP contribution in [0.25, 0.3) is 0 Å². The SMILES string of the molecule is CSc1ccccc1N1CCC(N)CC1C. The predicted octanol–water partition coefficient (Wildman–Crippen LogP) is 2.72. The Bertz CT molecular complexity index is 354. The van der Waals surface area contributed by atoms with E-state index in [1.807, 2.05) is 11.8 Å². The van der Waals surface area contributed by atoms with Crippen molar-refractivity contribution in [2.24, 2.45) is 5.73 Å². The van der Waals surface area contributed by atoms with Crippen LogP contribution < -0.4 is 10.6 Å². The zero-order valence-electron chi connectivity index (χ0n) is 10.0. The van der Waals surface area contributed by atoms with E-state index in [4.69, 9.17) is 5.73 Å². The van der Waals surface area contributed by atoms with E-state index in [1.165, 1.54) is 10.6 Å². The molecular formula is C13H20N2S. The lowest BCUT2D eigenvalue weighted by molar-refractivity contribution is 0.428. The number of para-hydroxylation sites is 1. The maximum Gasteiger partial charge on any atom is 0.0506 e. The first-order chi connectivity index (χ1) is 7.72. The van der Waals surface area contributed by atoms with Crippen molar-refractivity contribution in [3.05, 3.63) is 24.3 Å². The Balaban J connectivity index is 2.23. The molecule has 2 nitrogen and oxygen atoms in total. The number of benzene rings is 1. The lowest BCUT2D eigenvalue weighted by Crippen LogP contribution is -2.45. The molecule has 1 aromatic carbocycles. The Morgan fingerprint density at radius 3 is 2.81 bits per heavy atom. The summed E-state index contributed by atoms with van der Waals surface area (Å²) < 4.78 is 0. The fourth-order valence-electron chi connectivity index (χ4n) is 2.43. The molecule has 1 heterocycles. The van der Waals surface area contributed by atoms with Crippen LogP contribution in [-0.4, -0.2) is 24.9 Å². The van der Waals surface area contributed by atoms with Crippen molar-refractivity contribution in [3.8, 4) is 0 Å². The van der Waals surface area contributed by atoms with E-state index < -0.39 is 0 Å². The molecule has 1 aliphatic rings. The van der Waals surface area contributed by atoms with Crippen molar-refractivity contribution in [1.29, 1.82) is 0 Å². The van der Waals surface area contributed by atoms with E-state index in [1.54, 1.807) is 0 Å². The zero-order valence-corrected chi connectivity index (χ0v) is 10.8. The van der Waals surface area contributed by atoms with Gasteiger partial charge in [-0.3, -0.25) is 0 Å². The van der Waals surface area contributed by atoms with Crippen LogP contribution in [0.3, 0.4) is 0 Å². The summed E-state index contributed by atoms with van der Waals surface area (Å²) in [4.78, 5) is 3.86. The Kier molecular flexibility index (Phi) is 3.77. The first-order valence-electron chi connectivity index (χ1n) is 5.87. The van der Waals surface area contributed by atoms with Gasteiger partial charge in [-0.2, -0.15) is 0 Å². The van der Waals surface area contributed by atoms with Crippen molar-refractivity contribution in [2.75, 3.05) is 17.7 Å². The molecule has 0 amide bonds. The number of anilines is 1. The van der Waals surface area contributed by atoms with E-state index in [0.717, 1.165) is 19.4 Å². The smallest absolute Gasteiger partial charge is 0.0506 e. The molecular weight excluding hydrogens is 216 g/mol. The van der Waals surface area contributed by atoms with Gasteiger partial charge < -0.3 is 10.6 Å². The summed E-state index contributed by atoms with van der Waals surface area (Å²) in [7, 11) is 0. The molecule has 2 atom stereocenters. The topological polar surface area (TPSA) is 29.3 Å². The predicted molar refractivity (Wildman–Crippen MR) is 72.2 cm³/mol. The van der Waals surface area contributed by atoms with E-state index in [-0.39, 0.29) is 0 Å². The van der Waals surface area contributed by atoms with Gasteiger partial charge in [0.05, 0.1) is 5.69 Å². The van der Waals surface area contributed by atoms with Crippen molar-refractivity contribution >= 4 is 17.4 Å². The highest BCUT2D eigenvalue weighted by Gasteiger charge is 2.24. The van der Waals surface area contributed by atoms with Crippen molar-refractivity contribution in [1.82, 2.24) is 0 Å². The van der Waals surface area contributed by atoms with Gasteiger partial charge in [-0.1, -0.05) is 12.1 Å². The summed E-state index contributed by atoms with van der Waals surface area (Å²) in [5.74, 6) is 0. The summed E-state index contributed by atoms with van der Waals surface area (Å²) in [6.07, 6.45) is 4.34. The molecule has 16 heavy (non-hydrogen) atoms. The quantitative estimate of drug-likeness (QED) is 0.801. The van der Waals surface area contributed by atoms with Crippen molar-refractivity contribution in [3.63, 3.8) is 0 Å². The van der Waals surface area contributed by atoms with Crippen LogP contribution in [0.1, 0.15) is 19.8 Å². The monoisotopic (exact) mass is 236 g/mol. The standard InChI is InChI=1S/C13H20N2S/c1-10-9-11(14)7-8-15(10)12-5-3-4-6-13(12)16-2/h3-6,10-11H,7-9,14H2,1-2H3. The highest BCUT2D eigenvalue weighted by molar-refractivity contribution is 7.98. The minimum atomic E-state index is 0.382. The highest BCUT2D eigenvalue weighted by atomic mass is 32.2. The highest BCUT2D eigenvalue weighted by Crippen LogP contribution is 2.32. The summed E-state index contributed by atoms with van der Waals surface area (Å²) in [6, 6.07) is 9.58. The van der Waals surface area contributed by atoms with Crippen LogP contribution in [0.5, 0.6) is 0 Å². The van der Waals surface area contributed by atoms with Crippen LogP contribution >= 0.6 is 11.8 Å². The number of thioether (sulfide) groups is 1. The molecule has 0 aliphatic carbocycles. The lowest BCUT2D eigenvalue weighted by atomic mass is 9.98. The normalized spacial score (nSPS) is 25.8. The summed E-state index contributed by atoms with van der Waals surface area (Å²) in [5.41, 5.74) is 7.37. The molecule has 0 saturated carbocycles. The van der Waals surface area contributed by atoms with Gasteiger partial charge in [-0.05, 0) is 38.2 Å². The Hall–Kier alpha value is -0.670. The maximum atomic E-state index is 6.00. The van der Waals surface area contributed by atoms with Crippen LogP contribution in [-0.2, 0) is 0 Å². The van der Waals surface area contributed by atoms with Gasteiger partial charge in [0.25, 0.3) is 0 Å². The third kappa shape index (κ3) is 2.36. The molecule has 1 saturated heterocycles. The molecule has 1 fully saturated rings. The second kappa shape index (κ2) is 5.11. The molecule has 1 aliphatic heterocycles. The first-order valence-corrected chi connectivity index (χ1v) is 7.10. The Labute approximate surface area is 102 Å². The van der Waals surface area contributed by atoms with Crippen LogP contribution in [0, 0.1) is 0 Å². The van der Waals surface area contributed by atoms with E-state index >= 15 is 0 Å². The van der Waals surface area contributed by atoms with Gasteiger partial charge in [0, 0.05) is 23.5 Å². The minimum absolute atomic E-state index is 0.382. The van der Waals surface area contributed by atoms with Crippen molar-refractivity contribution in [2.45, 2.75) is 36.7 Å². The number of hydrogen-bond donors (Lipinski definition) is 1. The third-order valence-electron chi connectivity index (χ3n) is 3.31. The molecule has 3 heteroatoms. The average molecular weight is 236 g/mol. The molecule has 0 aromatic heterocycles. The molecule has 2 unspecified atom stereocenters. The van der Waals surface area contributed by atoms with Gasteiger partial charge in [0.1, 0.15) is 0 Å². The zero-order chi connectivity index (χ0) is 11.5. The summed E-state index contributed by atoms with van der Waals surface area (Å²) in [6.45, 7) is 3.36. The molecule has 1 aromatic rings. The number of piperidine rings is 1. The summed E-state index contributed by atoms with van der Waals surface area (Å²) in [5, 5.41) is 0. The molecule has 88 valence electrons. The molecule has 2 N–H and O–H groups in total. The summed E-state index contributed by atoms with van der Waals surface area (Å²) >= 11 is 1.82.